The summed E-state index contributed by atoms with van der Waals surface area (Å²) < 4.78 is 0. The highest BCUT2D eigenvalue weighted by Crippen LogP contribution is 2.53. The van der Waals surface area contributed by atoms with Crippen molar-refractivity contribution >= 4 is 27.7 Å². The largest absolute Gasteiger partial charge is 0.334 e. The van der Waals surface area contributed by atoms with Crippen LogP contribution in [0.25, 0.3) is 38.6 Å². The lowest BCUT2D eigenvalue weighted by molar-refractivity contribution is 0.445. The molecule has 0 N–H and O–H groups in total. The quantitative estimate of drug-likeness (QED) is 0.159. The zero-order valence-electron chi connectivity index (χ0n) is 31.7. The number of nitrogens with zero attached hydrogens (tertiary/aromatic N) is 1. The minimum Gasteiger partial charge on any atom is -0.334 e. The summed E-state index contributed by atoms with van der Waals surface area (Å²) in [4.78, 5) is 2.58. The maximum atomic E-state index is 2.58. The number of hydrogen-bond acceptors (Lipinski definition) is 1. The van der Waals surface area contributed by atoms with Gasteiger partial charge in [0.25, 0.3) is 0 Å². The third kappa shape index (κ3) is 5.76. The normalized spacial score (nSPS) is 19.1. The first-order chi connectivity index (χ1) is 27.2. The molecule has 2 unspecified atom stereocenters. The third-order valence-electron chi connectivity index (χ3n) is 12.9. The summed E-state index contributed by atoms with van der Waals surface area (Å²) in [6.45, 7) is 2.40. The monoisotopic (exact) mass is 709 g/mol. The molecule has 0 bridgehead atoms. The molecule has 0 amide bonds. The van der Waals surface area contributed by atoms with Gasteiger partial charge in [-0.05, 0) is 129 Å². The molecule has 1 heteroatoms. The third-order valence-corrected chi connectivity index (χ3v) is 12.9. The van der Waals surface area contributed by atoms with E-state index in [-0.39, 0.29) is 11.5 Å². The second-order valence-corrected chi connectivity index (χ2v) is 15.9. The van der Waals surface area contributed by atoms with E-state index in [2.05, 4.69) is 194 Å². The van der Waals surface area contributed by atoms with E-state index >= 15 is 0 Å². The number of para-hydroxylation sites is 1. The molecule has 1 saturated carbocycles. The number of benzene rings is 7. The van der Waals surface area contributed by atoms with E-state index in [4.69, 9.17) is 0 Å². The van der Waals surface area contributed by atoms with Gasteiger partial charge in [0.15, 0.2) is 0 Å². The predicted molar refractivity (Wildman–Crippen MR) is 233 cm³/mol. The second kappa shape index (κ2) is 14.1. The Morgan fingerprint density at radius 3 is 2.00 bits per heavy atom. The van der Waals surface area contributed by atoms with Gasteiger partial charge in [0.05, 0.1) is 6.04 Å². The van der Waals surface area contributed by atoms with E-state index in [1.165, 1.54) is 104 Å². The van der Waals surface area contributed by atoms with Gasteiger partial charge in [0, 0.05) is 16.8 Å². The van der Waals surface area contributed by atoms with Gasteiger partial charge in [-0.1, -0.05) is 171 Å². The van der Waals surface area contributed by atoms with Crippen LogP contribution in [0, 0.1) is 0 Å². The predicted octanol–water partition coefficient (Wildman–Crippen LogP) is 14.4. The van der Waals surface area contributed by atoms with Crippen LogP contribution in [0.2, 0.25) is 0 Å². The molecule has 1 fully saturated rings. The van der Waals surface area contributed by atoms with Crippen LogP contribution in [-0.4, -0.2) is 6.04 Å². The molecule has 0 aliphatic heterocycles. The fourth-order valence-corrected chi connectivity index (χ4v) is 10.2. The van der Waals surface area contributed by atoms with Gasteiger partial charge in [-0.3, -0.25) is 0 Å². The standard InChI is InChI=1S/C54H47N/c1-54(42-21-7-3-8-22-42)50-29-13-11-25-46(50)47-36-33-41(37-51(47)54)38-31-34-44(35-32-38)55(43-23-9-4-10-24-43)52-30-14-12-26-48(52)49-28-16-20-40-19-15-27-45(53(40)49)39-17-5-2-6-18-39/h3-4,7-16,19-29,31-37,39,52H,2,5-6,17-18,30H2,1H3. The molecule has 3 aliphatic carbocycles. The number of fused-ring (bicyclic) bond motifs is 4. The fraction of sp³-hybridized carbons (Fsp3) is 0.185. The van der Waals surface area contributed by atoms with Gasteiger partial charge in [-0.15, -0.1) is 0 Å². The summed E-state index contributed by atoms with van der Waals surface area (Å²) in [5.41, 5.74) is 15.7. The van der Waals surface area contributed by atoms with E-state index in [0.717, 1.165) is 6.42 Å². The van der Waals surface area contributed by atoms with Crippen LogP contribution in [-0.2, 0) is 5.41 Å². The summed E-state index contributed by atoms with van der Waals surface area (Å²) in [5.74, 6) is 0.633. The van der Waals surface area contributed by atoms with Gasteiger partial charge in [-0.2, -0.15) is 0 Å². The molecule has 0 aromatic heterocycles. The first-order valence-corrected chi connectivity index (χ1v) is 20.3. The summed E-state index contributed by atoms with van der Waals surface area (Å²) in [5, 5.41) is 2.80. The second-order valence-electron chi connectivity index (χ2n) is 15.9. The molecule has 0 saturated heterocycles. The molecular weight excluding hydrogens is 663 g/mol. The van der Waals surface area contributed by atoms with Gasteiger partial charge < -0.3 is 4.90 Å². The molecule has 0 heterocycles. The summed E-state index contributed by atoms with van der Waals surface area (Å²) in [6, 6.07) is 61.5. The van der Waals surface area contributed by atoms with Gasteiger partial charge in [0.1, 0.15) is 0 Å². The highest BCUT2D eigenvalue weighted by molar-refractivity contribution is 5.99. The minimum atomic E-state index is -0.219. The van der Waals surface area contributed by atoms with Gasteiger partial charge in [0.2, 0.25) is 0 Å². The summed E-state index contributed by atoms with van der Waals surface area (Å²) in [6.07, 6.45) is 14.6. The van der Waals surface area contributed by atoms with E-state index < -0.39 is 0 Å². The zero-order chi connectivity index (χ0) is 36.8. The molecule has 7 aromatic carbocycles. The molecule has 2 atom stereocenters. The highest BCUT2D eigenvalue weighted by atomic mass is 15.2. The Labute approximate surface area is 326 Å². The Balaban J connectivity index is 1.05. The van der Waals surface area contributed by atoms with Crippen molar-refractivity contribution in [3.05, 3.63) is 210 Å². The zero-order valence-corrected chi connectivity index (χ0v) is 31.7. The Hall–Kier alpha value is -5.92. The summed E-state index contributed by atoms with van der Waals surface area (Å²) in [7, 11) is 0. The molecule has 0 spiro atoms. The van der Waals surface area contributed by atoms with Crippen LogP contribution < -0.4 is 4.90 Å². The van der Waals surface area contributed by atoms with Crippen LogP contribution in [0.5, 0.6) is 0 Å². The number of anilines is 2. The van der Waals surface area contributed by atoms with Crippen molar-refractivity contribution < 1.29 is 0 Å². The van der Waals surface area contributed by atoms with Crippen LogP contribution in [0.3, 0.4) is 0 Å². The first-order valence-electron chi connectivity index (χ1n) is 20.3. The first kappa shape index (κ1) is 33.6. The summed E-state index contributed by atoms with van der Waals surface area (Å²) >= 11 is 0. The lowest BCUT2D eigenvalue weighted by atomic mass is 9.74. The lowest BCUT2D eigenvalue weighted by Gasteiger charge is -2.37. The van der Waals surface area contributed by atoms with Crippen LogP contribution in [0.4, 0.5) is 11.4 Å². The van der Waals surface area contributed by atoms with Crippen molar-refractivity contribution in [3.8, 4) is 22.3 Å². The van der Waals surface area contributed by atoms with Crippen LogP contribution in [0.15, 0.2) is 182 Å². The van der Waals surface area contributed by atoms with Crippen LogP contribution in [0.1, 0.15) is 79.2 Å². The van der Waals surface area contributed by atoms with Gasteiger partial charge >= 0.3 is 0 Å². The molecule has 10 rings (SSSR count). The molecule has 3 aliphatic rings. The molecule has 1 nitrogen and oxygen atoms in total. The maximum Gasteiger partial charge on any atom is 0.0632 e. The van der Waals surface area contributed by atoms with Crippen molar-refractivity contribution in [2.45, 2.75) is 62.8 Å². The van der Waals surface area contributed by atoms with Crippen molar-refractivity contribution in [3.63, 3.8) is 0 Å². The van der Waals surface area contributed by atoms with E-state index in [0.29, 0.717) is 5.92 Å². The topological polar surface area (TPSA) is 3.24 Å². The number of rotatable bonds is 7. The SMILES string of the molecule is CC1(c2ccccc2)c2ccccc2-c2ccc(-c3ccc(N(c4ccccc4)C4CC=CC=C4c4cccc5cccc(C6CCCCC6)c45)cc3)cc21. The Bertz CT molecular complexity index is 2550. The smallest absolute Gasteiger partial charge is 0.0632 e. The van der Waals surface area contributed by atoms with Gasteiger partial charge in [-0.25, -0.2) is 0 Å². The molecular formula is C54H47N. The number of allylic oxidation sites excluding steroid dienone is 2. The Morgan fingerprint density at radius 2 is 1.20 bits per heavy atom. The Kier molecular flexibility index (Phi) is 8.59. The van der Waals surface area contributed by atoms with E-state index in [9.17, 15) is 0 Å². The van der Waals surface area contributed by atoms with Crippen LogP contribution >= 0.6 is 0 Å². The number of hydrogen-bond donors (Lipinski definition) is 0. The van der Waals surface area contributed by atoms with Crippen molar-refractivity contribution in [1.29, 1.82) is 0 Å². The van der Waals surface area contributed by atoms with E-state index in [1.807, 2.05) is 0 Å². The van der Waals surface area contributed by atoms with Crippen molar-refractivity contribution in [2.75, 3.05) is 4.90 Å². The highest BCUT2D eigenvalue weighted by Gasteiger charge is 2.40. The average Bonchev–Trinajstić information content (AvgIpc) is 3.53. The fourth-order valence-electron chi connectivity index (χ4n) is 10.2. The molecule has 0 radical (unpaired) electrons. The molecule has 55 heavy (non-hydrogen) atoms. The Morgan fingerprint density at radius 1 is 0.545 bits per heavy atom. The molecule has 7 aromatic rings. The lowest BCUT2D eigenvalue weighted by Crippen LogP contribution is -2.33. The van der Waals surface area contributed by atoms with Crippen molar-refractivity contribution in [1.82, 2.24) is 0 Å². The minimum absolute atomic E-state index is 0.147. The van der Waals surface area contributed by atoms with E-state index in [1.54, 1.807) is 5.56 Å². The van der Waals surface area contributed by atoms with Crippen molar-refractivity contribution in [2.24, 2.45) is 0 Å². The molecule has 268 valence electrons. The average molecular weight is 710 g/mol. The maximum absolute atomic E-state index is 2.58.